The number of carbonyl (C=O) groups is 1. The Morgan fingerprint density at radius 1 is 1.19 bits per heavy atom. The van der Waals surface area contributed by atoms with Crippen LogP contribution in [0.25, 0.3) is 0 Å². The molecule has 0 atom stereocenters. The summed E-state index contributed by atoms with van der Waals surface area (Å²) in [5.74, 6) is -1.57. The van der Waals surface area contributed by atoms with Crippen LogP contribution in [0.4, 0.5) is 14.5 Å². The summed E-state index contributed by atoms with van der Waals surface area (Å²) < 4.78 is 28.0. The second-order valence-electron chi connectivity index (χ2n) is 7.87. The number of halogens is 2. The summed E-state index contributed by atoms with van der Waals surface area (Å²) in [5.41, 5.74) is 4.41. The van der Waals surface area contributed by atoms with E-state index >= 15 is 0 Å². The largest absolute Gasteiger partial charge is 0.332 e. The Kier molecular flexibility index (Phi) is 5.96. The number of carbonyl (C=O) groups excluding carboxylic acids is 1. The molecular formula is C24H23F2N3OS. The van der Waals surface area contributed by atoms with Crippen molar-refractivity contribution < 1.29 is 13.6 Å². The van der Waals surface area contributed by atoms with Gasteiger partial charge in [0, 0.05) is 35.5 Å². The van der Waals surface area contributed by atoms with Gasteiger partial charge in [-0.05, 0) is 50.1 Å². The number of nitrogens with zero attached hydrogens (tertiary/aromatic N) is 3. The van der Waals surface area contributed by atoms with Gasteiger partial charge in [0.2, 0.25) is 0 Å². The SMILES string of the molecule is C/C(Cc1nc2c(s1)CCN(Cc1c(F)cccc1F)C2=O)=N\c1cc(C)ccc1C. The van der Waals surface area contributed by atoms with E-state index in [0.717, 1.165) is 32.4 Å². The highest BCUT2D eigenvalue weighted by Gasteiger charge is 2.29. The average Bonchev–Trinajstić information content (AvgIpc) is 3.12. The standard InChI is InChI=1S/C24H23F2N3OS/c1-14-7-8-15(2)20(11-14)27-16(3)12-22-28-23-21(31-22)9-10-29(24(23)30)13-17-18(25)5-4-6-19(17)26/h4-8,11H,9-10,12-13H2,1-3H3/b27-16+. The Hall–Kier alpha value is -2.93. The summed E-state index contributed by atoms with van der Waals surface area (Å²) in [6.45, 7) is 6.33. The minimum atomic E-state index is -0.643. The van der Waals surface area contributed by atoms with E-state index in [1.807, 2.05) is 20.8 Å². The fraction of sp³-hybridized carbons (Fsp3) is 0.292. The number of thiazole rings is 1. The molecular weight excluding hydrogens is 416 g/mol. The first-order valence-corrected chi connectivity index (χ1v) is 11.0. The molecule has 0 N–H and O–H groups in total. The number of aryl methyl sites for hydroxylation is 2. The molecule has 1 aliphatic heterocycles. The fourth-order valence-electron chi connectivity index (χ4n) is 3.63. The Morgan fingerprint density at radius 2 is 1.94 bits per heavy atom. The molecule has 1 amide bonds. The minimum absolute atomic E-state index is 0.0914. The van der Waals surface area contributed by atoms with Crippen molar-refractivity contribution in [2.24, 2.45) is 4.99 Å². The predicted octanol–water partition coefficient (Wildman–Crippen LogP) is 5.57. The third-order valence-electron chi connectivity index (χ3n) is 5.33. The highest BCUT2D eigenvalue weighted by molar-refractivity contribution is 7.12. The molecule has 0 saturated heterocycles. The maximum atomic E-state index is 14.0. The van der Waals surface area contributed by atoms with Gasteiger partial charge in [-0.15, -0.1) is 11.3 Å². The van der Waals surface area contributed by atoms with Gasteiger partial charge in [0.05, 0.1) is 17.2 Å². The molecule has 3 aromatic rings. The van der Waals surface area contributed by atoms with Gasteiger partial charge in [0.25, 0.3) is 5.91 Å². The van der Waals surface area contributed by atoms with Crippen LogP contribution in [0.3, 0.4) is 0 Å². The van der Waals surface area contributed by atoms with Crippen molar-refractivity contribution in [1.29, 1.82) is 0 Å². The topological polar surface area (TPSA) is 45.6 Å². The summed E-state index contributed by atoms with van der Waals surface area (Å²) in [6, 6.07) is 9.89. The zero-order valence-corrected chi connectivity index (χ0v) is 18.5. The molecule has 0 spiro atoms. The van der Waals surface area contributed by atoms with Crippen molar-refractivity contribution in [3.63, 3.8) is 0 Å². The first kappa shape index (κ1) is 21.3. The van der Waals surface area contributed by atoms with Crippen molar-refractivity contribution >= 4 is 28.6 Å². The van der Waals surface area contributed by atoms with Gasteiger partial charge in [-0.2, -0.15) is 0 Å². The van der Waals surface area contributed by atoms with Gasteiger partial charge in [-0.25, -0.2) is 13.8 Å². The van der Waals surface area contributed by atoms with Gasteiger partial charge >= 0.3 is 0 Å². The first-order valence-electron chi connectivity index (χ1n) is 10.1. The molecule has 0 aliphatic carbocycles. The van der Waals surface area contributed by atoms with E-state index in [1.54, 1.807) is 0 Å². The maximum absolute atomic E-state index is 14.0. The number of amides is 1. The summed E-state index contributed by atoms with van der Waals surface area (Å²) in [6.07, 6.45) is 1.18. The lowest BCUT2D eigenvalue weighted by molar-refractivity contribution is 0.0719. The average molecular weight is 440 g/mol. The van der Waals surface area contributed by atoms with E-state index < -0.39 is 11.6 Å². The third-order valence-corrected chi connectivity index (χ3v) is 6.45. The highest BCUT2D eigenvalue weighted by atomic mass is 32.1. The summed E-state index contributed by atoms with van der Waals surface area (Å²) >= 11 is 1.51. The lowest BCUT2D eigenvalue weighted by atomic mass is 10.1. The molecule has 31 heavy (non-hydrogen) atoms. The lowest BCUT2D eigenvalue weighted by Gasteiger charge is -2.26. The second-order valence-corrected chi connectivity index (χ2v) is 9.04. The first-order chi connectivity index (χ1) is 14.8. The van der Waals surface area contributed by atoms with Crippen LogP contribution >= 0.6 is 11.3 Å². The smallest absolute Gasteiger partial charge is 0.273 e. The van der Waals surface area contributed by atoms with Crippen LogP contribution in [0.15, 0.2) is 41.4 Å². The number of aliphatic imine (C=N–C) groups is 1. The summed E-state index contributed by atoms with van der Waals surface area (Å²) in [7, 11) is 0. The van der Waals surface area contributed by atoms with Crippen molar-refractivity contribution in [3.8, 4) is 0 Å². The Morgan fingerprint density at radius 3 is 2.68 bits per heavy atom. The molecule has 4 nitrogen and oxygen atoms in total. The maximum Gasteiger partial charge on any atom is 0.273 e. The highest BCUT2D eigenvalue weighted by Crippen LogP contribution is 2.28. The lowest BCUT2D eigenvalue weighted by Crippen LogP contribution is -2.37. The zero-order valence-electron chi connectivity index (χ0n) is 17.7. The molecule has 4 rings (SSSR count). The predicted molar refractivity (Wildman–Crippen MR) is 119 cm³/mol. The van der Waals surface area contributed by atoms with Crippen LogP contribution in [-0.2, 0) is 19.4 Å². The molecule has 160 valence electrons. The molecule has 0 radical (unpaired) electrons. The molecule has 0 fully saturated rings. The van der Waals surface area contributed by atoms with Gasteiger partial charge in [0.1, 0.15) is 17.3 Å². The van der Waals surface area contributed by atoms with Gasteiger partial charge < -0.3 is 4.90 Å². The number of rotatable bonds is 5. The summed E-state index contributed by atoms with van der Waals surface area (Å²) in [5, 5.41) is 0.823. The van der Waals surface area contributed by atoms with E-state index in [-0.39, 0.29) is 18.0 Å². The fourth-order valence-corrected chi connectivity index (χ4v) is 4.75. The van der Waals surface area contributed by atoms with Gasteiger partial charge in [-0.3, -0.25) is 9.79 Å². The normalized spacial score (nSPS) is 14.2. The Labute approximate surface area is 184 Å². The Bertz CT molecular complexity index is 1170. The van der Waals surface area contributed by atoms with E-state index in [1.165, 1.54) is 34.4 Å². The van der Waals surface area contributed by atoms with Crippen LogP contribution in [0.2, 0.25) is 0 Å². The van der Waals surface area contributed by atoms with Crippen LogP contribution in [-0.4, -0.2) is 28.0 Å². The molecule has 7 heteroatoms. The molecule has 1 aromatic heterocycles. The van der Waals surface area contributed by atoms with Crippen molar-refractivity contribution in [2.45, 2.75) is 40.2 Å². The number of hydrogen-bond acceptors (Lipinski definition) is 4. The van der Waals surface area contributed by atoms with Crippen LogP contribution in [0.5, 0.6) is 0 Å². The van der Waals surface area contributed by atoms with E-state index in [4.69, 9.17) is 4.99 Å². The van der Waals surface area contributed by atoms with Gasteiger partial charge in [-0.1, -0.05) is 18.2 Å². The van der Waals surface area contributed by atoms with E-state index in [0.29, 0.717) is 25.1 Å². The number of aromatic nitrogens is 1. The van der Waals surface area contributed by atoms with Gasteiger partial charge in [0.15, 0.2) is 0 Å². The number of fused-ring (bicyclic) bond motifs is 1. The minimum Gasteiger partial charge on any atom is -0.332 e. The third kappa shape index (κ3) is 4.56. The van der Waals surface area contributed by atoms with E-state index in [2.05, 4.69) is 23.2 Å². The second kappa shape index (κ2) is 8.67. The zero-order chi connectivity index (χ0) is 22.1. The molecule has 2 heterocycles. The monoisotopic (exact) mass is 439 g/mol. The van der Waals surface area contributed by atoms with Crippen LogP contribution in [0.1, 0.15) is 44.0 Å². The molecule has 0 saturated carbocycles. The van der Waals surface area contributed by atoms with Crippen LogP contribution < -0.4 is 0 Å². The van der Waals surface area contributed by atoms with Crippen molar-refractivity contribution in [1.82, 2.24) is 9.88 Å². The van der Waals surface area contributed by atoms with Crippen LogP contribution in [0, 0.1) is 25.5 Å². The molecule has 0 bridgehead atoms. The summed E-state index contributed by atoms with van der Waals surface area (Å²) in [4.78, 5) is 24.6. The molecule has 1 aliphatic rings. The number of hydrogen-bond donors (Lipinski definition) is 0. The Balaban J connectivity index is 1.52. The molecule has 0 unspecified atom stereocenters. The quantitative estimate of drug-likeness (QED) is 0.488. The van der Waals surface area contributed by atoms with E-state index in [9.17, 15) is 13.6 Å². The molecule has 2 aromatic carbocycles. The number of benzene rings is 2. The van der Waals surface area contributed by atoms with Crippen molar-refractivity contribution in [3.05, 3.63) is 80.3 Å². The van der Waals surface area contributed by atoms with Crippen molar-refractivity contribution in [2.75, 3.05) is 6.54 Å².